The number of nitrogens with zero attached hydrogens (tertiary/aromatic N) is 3. The summed E-state index contributed by atoms with van der Waals surface area (Å²) in [6.45, 7) is 3.86. The number of pyridine rings is 2. The lowest BCUT2D eigenvalue weighted by molar-refractivity contribution is -0.101. The molecule has 2 aromatic heterocycles. The summed E-state index contributed by atoms with van der Waals surface area (Å²) in [5.74, 6) is 0.734. The first kappa shape index (κ1) is 15.1. The normalized spacial score (nSPS) is 26.2. The minimum atomic E-state index is -0.448. The number of fused-ring (bicyclic) bond motifs is 1. The minimum Gasteiger partial charge on any atom is -0.394 e. The van der Waals surface area contributed by atoms with Crippen molar-refractivity contribution in [2.45, 2.75) is 18.5 Å². The summed E-state index contributed by atoms with van der Waals surface area (Å²) in [5, 5.41) is 14.3. The summed E-state index contributed by atoms with van der Waals surface area (Å²) >= 11 is 0. The molecular weight excluding hydrogens is 280 g/mol. The predicted molar refractivity (Wildman–Crippen MR) is 85.9 cm³/mol. The number of likely N-dealkylation sites (N-methyl/N-ethyl adjacent to an activating group) is 1. The van der Waals surface area contributed by atoms with E-state index in [-0.39, 0.29) is 12.6 Å². The number of nitrogens with one attached hydrogen (secondary N) is 1. The quantitative estimate of drug-likeness (QED) is 0.882. The molecule has 0 aromatic carbocycles. The van der Waals surface area contributed by atoms with Crippen molar-refractivity contribution in [2.24, 2.45) is 0 Å². The average Bonchev–Trinajstić information content (AvgIpc) is 2.56. The highest BCUT2D eigenvalue weighted by Crippen LogP contribution is 2.24. The zero-order chi connectivity index (χ0) is 15.6. The Kier molecular flexibility index (Phi) is 4.24. The van der Waals surface area contributed by atoms with Crippen molar-refractivity contribution >= 4 is 16.7 Å². The van der Waals surface area contributed by atoms with E-state index in [0.29, 0.717) is 19.8 Å². The number of hydrogen-bond acceptors (Lipinski definition) is 6. The number of aliphatic hydroxyl groups excluding tert-OH is 1. The Labute approximate surface area is 130 Å². The van der Waals surface area contributed by atoms with Gasteiger partial charge < -0.3 is 15.2 Å². The second-order valence-corrected chi connectivity index (χ2v) is 5.95. The van der Waals surface area contributed by atoms with Gasteiger partial charge in [-0.1, -0.05) is 6.07 Å². The third kappa shape index (κ3) is 2.65. The lowest BCUT2D eigenvalue weighted by Gasteiger charge is -2.47. The minimum absolute atomic E-state index is 0.0268. The summed E-state index contributed by atoms with van der Waals surface area (Å²) in [7, 11) is 2.03. The first-order valence-electron chi connectivity index (χ1n) is 7.51. The van der Waals surface area contributed by atoms with Crippen LogP contribution in [0.5, 0.6) is 0 Å². The van der Waals surface area contributed by atoms with Gasteiger partial charge in [0.15, 0.2) is 5.82 Å². The molecule has 1 fully saturated rings. The van der Waals surface area contributed by atoms with Crippen LogP contribution in [0.3, 0.4) is 0 Å². The van der Waals surface area contributed by atoms with Gasteiger partial charge in [0.1, 0.15) is 5.52 Å². The van der Waals surface area contributed by atoms with Crippen LogP contribution in [0.15, 0.2) is 30.6 Å². The van der Waals surface area contributed by atoms with E-state index in [9.17, 15) is 5.11 Å². The number of hydrogen-bond donors (Lipinski definition) is 2. The fourth-order valence-corrected chi connectivity index (χ4v) is 2.87. The van der Waals surface area contributed by atoms with E-state index in [4.69, 9.17) is 4.74 Å². The Balaban J connectivity index is 1.83. The molecule has 0 spiro atoms. The summed E-state index contributed by atoms with van der Waals surface area (Å²) in [5.41, 5.74) is 0.390. The Bertz CT molecular complexity index is 646. The molecule has 1 aliphatic heterocycles. The van der Waals surface area contributed by atoms with Gasteiger partial charge in [-0.05, 0) is 26.1 Å². The highest BCUT2D eigenvalue weighted by Gasteiger charge is 2.40. The first-order valence-corrected chi connectivity index (χ1v) is 7.51. The maximum Gasteiger partial charge on any atom is 0.152 e. The molecule has 118 valence electrons. The van der Waals surface area contributed by atoms with Crippen LogP contribution in [-0.2, 0) is 4.74 Å². The van der Waals surface area contributed by atoms with Crippen molar-refractivity contribution in [3.8, 4) is 0 Å². The Hall–Kier alpha value is -1.76. The molecule has 3 heterocycles. The van der Waals surface area contributed by atoms with Crippen molar-refractivity contribution < 1.29 is 9.84 Å². The molecule has 0 unspecified atom stereocenters. The number of aliphatic hydroxyl groups is 1. The number of anilines is 1. The third-order valence-electron chi connectivity index (χ3n) is 4.54. The molecule has 1 aliphatic rings. The van der Waals surface area contributed by atoms with Gasteiger partial charge in [-0.2, -0.15) is 0 Å². The van der Waals surface area contributed by atoms with E-state index in [0.717, 1.165) is 16.7 Å². The standard InChI is InChI=1S/C16H22N4O2/c1-12-8-22-11-16(10-21,20(12)2)9-19-15-14-13(5-7-18-15)4-3-6-17-14/h3-7,12,21H,8-11H2,1-2H3,(H,18,19)/t12-,16+/m1/s1. The number of morpholine rings is 1. The van der Waals surface area contributed by atoms with Crippen LogP contribution in [-0.4, -0.2) is 65.0 Å². The maximum atomic E-state index is 9.92. The van der Waals surface area contributed by atoms with Crippen molar-refractivity contribution in [2.75, 3.05) is 38.7 Å². The summed E-state index contributed by atoms with van der Waals surface area (Å²) < 4.78 is 5.66. The van der Waals surface area contributed by atoms with Crippen molar-refractivity contribution in [3.63, 3.8) is 0 Å². The van der Waals surface area contributed by atoms with Crippen LogP contribution in [0.4, 0.5) is 5.82 Å². The van der Waals surface area contributed by atoms with Crippen LogP contribution >= 0.6 is 0 Å². The summed E-state index contributed by atoms with van der Waals surface area (Å²) in [6, 6.07) is 6.12. The van der Waals surface area contributed by atoms with E-state index in [1.165, 1.54) is 0 Å². The molecular formula is C16H22N4O2. The molecule has 0 amide bonds. The van der Waals surface area contributed by atoms with E-state index in [1.807, 2.05) is 25.2 Å². The SMILES string of the molecule is C[C@@H]1COC[C@@](CO)(CNc2nccc3cccnc23)N1C. The molecule has 6 heteroatoms. The van der Waals surface area contributed by atoms with Crippen LogP contribution in [0.25, 0.3) is 10.9 Å². The lowest BCUT2D eigenvalue weighted by atomic mass is 9.96. The highest BCUT2D eigenvalue weighted by atomic mass is 16.5. The summed E-state index contributed by atoms with van der Waals surface area (Å²) in [6.07, 6.45) is 3.52. The van der Waals surface area contributed by atoms with E-state index >= 15 is 0 Å². The molecule has 2 atom stereocenters. The van der Waals surface area contributed by atoms with Gasteiger partial charge in [0.05, 0.1) is 25.4 Å². The molecule has 1 saturated heterocycles. The van der Waals surface area contributed by atoms with E-state index in [1.54, 1.807) is 12.4 Å². The maximum absolute atomic E-state index is 9.92. The first-order chi connectivity index (χ1) is 10.7. The van der Waals surface area contributed by atoms with Gasteiger partial charge in [0.2, 0.25) is 0 Å². The smallest absolute Gasteiger partial charge is 0.152 e. The van der Waals surface area contributed by atoms with Crippen LogP contribution < -0.4 is 5.32 Å². The predicted octanol–water partition coefficient (Wildman–Crippen LogP) is 1.12. The van der Waals surface area contributed by atoms with Gasteiger partial charge in [-0.3, -0.25) is 9.88 Å². The van der Waals surface area contributed by atoms with Gasteiger partial charge >= 0.3 is 0 Å². The third-order valence-corrected chi connectivity index (χ3v) is 4.54. The number of aromatic nitrogens is 2. The molecule has 0 saturated carbocycles. The molecule has 22 heavy (non-hydrogen) atoms. The largest absolute Gasteiger partial charge is 0.394 e. The van der Waals surface area contributed by atoms with Gasteiger partial charge in [0.25, 0.3) is 0 Å². The Morgan fingerprint density at radius 1 is 1.41 bits per heavy atom. The topological polar surface area (TPSA) is 70.5 Å². The van der Waals surface area contributed by atoms with Crippen LogP contribution in [0.2, 0.25) is 0 Å². The molecule has 0 aliphatic carbocycles. The molecule has 0 radical (unpaired) electrons. The van der Waals surface area contributed by atoms with E-state index < -0.39 is 5.54 Å². The monoisotopic (exact) mass is 302 g/mol. The fraction of sp³-hybridized carbons (Fsp3) is 0.500. The zero-order valence-electron chi connectivity index (χ0n) is 13.0. The van der Waals surface area contributed by atoms with E-state index in [2.05, 4.69) is 27.1 Å². The summed E-state index contributed by atoms with van der Waals surface area (Å²) in [4.78, 5) is 11.0. The second-order valence-electron chi connectivity index (χ2n) is 5.95. The Morgan fingerprint density at radius 2 is 2.27 bits per heavy atom. The second kappa shape index (κ2) is 6.16. The van der Waals surface area contributed by atoms with Gasteiger partial charge in [-0.25, -0.2) is 4.98 Å². The van der Waals surface area contributed by atoms with Crippen molar-refractivity contribution in [1.29, 1.82) is 0 Å². The molecule has 2 N–H and O–H groups in total. The number of rotatable bonds is 4. The lowest BCUT2D eigenvalue weighted by Crippen LogP contribution is -2.64. The molecule has 6 nitrogen and oxygen atoms in total. The van der Waals surface area contributed by atoms with Crippen molar-refractivity contribution in [3.05, 3.63) is 30.6 Å². The van der Waals surface area contributed by atoms with Crippen LogP contribution in [0.1, 0.15) is 6.92 Å². The Morgan fingerprint density at radius 3 is 3.09 bits per heavy atom. The molecule has 2 aromatic rings. The highest BCUT2D eigenvalue weighted by molar-refractivity contribution is 5.87. The van der Waals surface area contributed by atoms with Gasteiger partial charge in [0, 0.05) is 30.4 Å². The fourth-order valence-electron chi connectivity index (χ4n) is 2.87. The van der Waals surface area contributed by atoms with Crippen LogP contribution in [0, 0.1) is 0 Å². The molecule has 0 bridgehead atoms. The molecule has 3 rings (SSSR count). The zero-order valence-corrected chi connectivity index (χ0v) is 13.0. The van der Waals surface area contributed by atoms with Crippen molar-refractivity contribution in [1.82, 2.24) is 14.9 Å². The number of ether oxygens (including phenoxy) is 1. The van der Waals surface area contributed by atoms with Gasteiger partial charge in [-0.15, -0.1) is 0 Å². The average molecular weight is 302 g/mol.